The zero-order valence-electron chi connectivity index (χ0n) is 10.4. The second-order valence-corrected chi connectivity index (χ2v) is 4.41. The number of ether oxygens (including phenoxy) is 1. The molecule has 0 radical (unpaired) electrons. The molecule has 0 aromatic heterocycles. The predicted octanol–water partition coefficient (Wildman–Crippen LogP) is 0.989. The molecule has 0 spiro atoms. The lowest BCUT2D eigenvalue weighted by molar-refractivity contribution is -0.0188. The maximum atomic E-state index is 8.98. The van der Waals surface area contributed by atoms with E-state index < -0.39 is 0 Å². The minimum Gasteiger partial charge on any atom is -0.376 e. The summed E-state index contributed by atoms with van der Waals surface area (Å²) < 4.78 is 5.48. The van der Waals surface area contributed by atoms with Crippen LogP contribution in [0, 0.1) is 11.3 Å². The topological polar surface area (TPSA) is 48.3 Å². The van der Waals surface area contributed by atoms with Crippen LogP contribution < -0.4 is 5.32 Å². The zero-order chi connectivity index (χ0) is 11.8. The molecule has 1 saturated heterocycles. The molecule has 4 heteroatoms. The molecule has 1 heterocycles. The SMILES string of the molecule is CCCNC(C#N)CCN1CCOC(C)C1. The van der Waals surface area contributed by atoms with Crippen molar-refractivity contribution < 1.29 is 4.74 Å². The van der Waals surface area contributed by atoms with Gasteiger partial charge in [-0.05, 0) is 26.3 Å². The summed E-state index contributed by atoms with van der Waals surface area (Å²) in [6.07, 6.45) is 2.31. The van der Waals surface area contributed by atoms with Crippen LogP contribution in [0.25, 0.3) is 0 Å². The molecule has 1 fully saturated rings. The van der Waals surface area contributed by atoms with E-state index in [9.17, 15) is 0 Å². The quantitative estimate of drug-likeness (QED) is 0.732. The van der Waals surface area contributed by atoms with Crippen LogP contribution in [0.5, 0.6) is 0 Å². The van der Waals surface area contributed by atoms with E-state index in [1.807, 2.05) is 0 Å². The van der Waals surface area contributed by atoms with Gasteiger partial charge in [-0.25, -0.2) is 0 Å². The average Bonchev–Trinajstić information content (AvgIpc) is 2.29. The summed E-state index contributed by atoms with van der Waals surface area (Å²) in [7, 11) is 0. The number of nitrogens with zero attached hydrogens (tertiary/aromatic N) is 2. The summed E-state index contributed by atoms with van der Waals surface area (Å²) in [6.45, 7) is 8.94. The molecule has 4 nitrogen and oxygen atoms in total. The highest BCUT2D eigenvalue weighted by molar-refractivity contribution is 4.90. The van der Waals surface area contributed by atoms with E-state index in [-0.39, 0.29) is 6.04 Å². The summed E-state index contributed by atoms with van der Waals surface area (Å²) in [5.41, 5.74) is 0. The van der Waals surface area contributed by atoms with E-state index in [0.29, 0.717) is 6.10 Å². The molecule has 92 valence electrons. The molecule has 1 rings (SSSR count). The molecule has 1 aliphatic heterocycles. The third kappa shape index (κ3) is 4.93. The zero-order valence-corrected chi connectivity index (χ0v) is 10.4. The van der Waals surface area contributed by atoms with Gasteiger partial charge in [-0.15, -0.1) is 0 Å². The van der Waals surface area contributed by atoms with Gasteiger partial charge in [0.1, 0.15) is 0 Å². The molecule has 1 N–H and O–H groups in total. The first-order valence-electron chi connectivity index (χ1n) is 6.23. The lowest BCUT2D eigenvalue weighted by Crippen LogP contribution is -2.43. The average molecular weight is 225 g/mol. The van der Waals surface area contributed by atoms with Crippen LogP contribution in [-0.2, 0) is 4.74 Å². The summed E-state index contributed by atoms with van der Waals surface area (Å²) in [5.74, 6) is 0. The fourth-order valence-electron chi connectivity index (χ4n) is 1.94. The van der Waals surface area contributed by atoms with Crippen LogP contribution in [0.15, 0.2) is 0 Å². The van der Waals surface area contributed by atoms with Crippen molar-refractivity contribution in [3.8, 4) is 6.07 Å². The Labute approximate surface area is 98.6 Å². The molecule has 0 aromatic carbocycles. The third-order valence-corrected chi connectivity index (χ3v) is 2.86. The minimum absolute atomic E-state index is 0.00176. The second kappa shape index (κ2) is 7.61. The van der Waals surface area contributed by atoms with E-state index in [0.717, 1.165) is 45.6 Å². The standard InChI is InChI=1S/C12H23N3O/c1-3-5-14-12(9-13)4-6-15-7-8-16-11(2)10-15/h11-12,14H,3-8,10H2,1-2H3. The van der Waals surface area contributed by atoms with Crippen molar-refractivity contribution >= 4 is 0 Å². The largest absolute Gasteiger partial charge is 0.376 e. The van der Waals surface area contributed by atoms with Crippen LogP contribution in [-0.4, -0.2) is 49.8 Å². The maximum Gasteiger partial charge on any atom is 0.0965 e. The lowest BCUT2D eigenvalue weighted by Gasteiger charge is -2.31. The number of rotatable bonds is 6. The Morgan fingerprint density at radius 1 is 1.62 bits per heavy atom. The Morgan fingerprint density at radius 2 is 2.44 bits per heavy atom. The van der Waals surface area contributed by atoms with Gasteiger partial charge in [-0.1, -0.05) is 6.92 Å². The Kier molecular flexibility index (Phi) is 6.39. The molecule has 0 aromatic rings. The van der Waals surface area contributed by atoms with Gasteiger partial charge >= 0.3 is 0 Å². The number of nitrogens with one attached hydrogen (secondary N) is 1. The van der Waals surface area contributed by atoms with E-state index in [4.69, 9.17) is 10.00 Å². The van der Waals surface area contributed by atoms with Gasteiger partial charge in [0.05, 0.1) is 24.8 Å². The van der Waals surface area contributed by atoms with Crippen molar-refractivity contribution in [3.63, 3.8) is 0 Å². The first-order chi connectivity index (χ1) is 7.76. The molecule has 1 aliphatic rings. The summed E-state index contributed by atoms with van der Waals surface area (Å²) >= 11 is 0. The number of morpholine rings is 1. The molecule has 2 unspecified atom stereocenters. The molecule has 16 heavy (non-hydrogen) atoms. The highest BCUT2D eigenvalue weighted by atomic mass is 16.5. The minimum atomic E-state index is -0.00176. The van der Waals surface area contributed by atoms with Crippen molar-refractivity contribution in [2.45, 2.75) is 38.8 Å². The van der Waals surface area contributed by atoms with Gasteiger partial charge in [0, 0.05) is 19.6 Å². The van der Waals surface area contributed by atoms with Gasteiger partial charge in [0.2, 0.25) is 0 Å². The highest BCUT2D eigenvalue weighted by Gasteiger charge is 2.17. The first-order valence-corrected chi connectivity index (χ1v) is 6.23. The highest BCUT2D eigenvalue weighted by Crippen LogP contribution is 2.05. The first kappa shape index (κ1) is 13.4. The van der Waals surface area contributed by atoms with Crippen molar-refractivity contribution in [1.82, 2.24) is 10.2 Å². The molecule has 0 amide bonds. The van der Waals surface area contributed by atoms with Gasteiger partial charge in [-0.2, -0.15) is 5.26 Å². The smallest absolute Gasteiger partial charge is 0.0965 e. The number of hydrogen-bond donors (Lipinski definition) is 1. The monoisotopic (exact) mass is 225 g/mol. The number of nitriles is 1. The van der Waals surface area contributed by atoms with Crippen molar-refractivity contribution in [3.05, 3.63) is 0 Å². The van der Waals surface area contributed by atoms with Crippen LogP contribution in [0.2, 0.25) is 0 Å². The number of hydrogen-bond acceptors (Lipinski definition) is 4. The fourth-order valence-corrected chi connectivity index (χ4v) is 1.94. The van der Waals surface area contributed by atoms with E-state index in [1.54, 1.807) is 0 Å². The summed E-state index contributed by atoms with van der Waals surface area (Å²) in [6, 6.07) is 2.32. The summed E-state index contributed by atoms with van der Waals surface area (Å²) in [4.78, 5) is 2.38. The normalized spacial score (nSPS) is 23.9. The van der Waals surface area contributed by atoms with Gasteiger partial charge < -0.3 is 10.1 Å². The fraction of sp³-hybridized carbons (Fsp3) is 0.917. The summed E-state index contributed by atoms with van der Waals surface area (Å²) in [5, 5.41) is 12.2. The van der Waals surface area contributed by atoms with Crippen LogP contribution in [0.3, 0.4) is 0 Å². The van der Waals surface area contributed by atoms with Crippen molar-refractivity contribution in [2.24, 2.45) is 0 Å². The molecule has 0 bridgehead atoms. The third-order valence-electron chi connectivity index (χ3n) is 2.86. The van der Waals surface area contributed by atoms with Crippen LogP contribution in [0.4, 0.5) is 0 Å². The van der Waals surface area contributed by atoms with E-state index in [1.165, 1.54) is 0 Å². The lowest BCUT2D eigenvalue weighted by atomic mass is 10.2. The Hall–Kier alpha value is -0.630. The van der Waals surface area contributed by atoms with Crippen LogP contribution in [0.1, 0.15) is 26.7 Å². The van der Waals surface area contributed by atoms with Crippen molar-refractivity contribution in [2.75, 3.05) is 32.8 Å². The van der Waals surface area contributed by atoms with Gasteiger partial charge in [0.15, 0.2) is 0 Å². The maximum absolute atomic E-state index is 8.98. The molecule has 0 aliphatic carbocycles. The predicted molar refractivity (Wildman–Crippen MR) is 64.2 cm³/mol. The molecule has 0 saturated carbocycles. The van der Waals surface area contributed by atoms with Gasteiger partial charge in [0.25, 0.3) is 0 Å². The molecular weight excluding hydrogens is 202 g/mol. The Morgan fingerprint density at radius 3 is 3.06 bits per heavy atom. The molecule has 2 atom stereocenters. The van der Waals surface area contributed by atoms with E-state index in [2.05, 4.69) is 30.1 Å². The van der Waals surface area contributed by atoms with Gasteiger partial charge in [-0.3, -0.25) is 4.90 Å². The Bertz CT molecular complexity index is 227. The second-order valence-electron chi connectivity index (χ2n) is 4.41. The van der Waals surface area contributed by atoms with Crippen LogP contribution >= 0.6 is 0 Å². The van der Waals surface area contributed by atoms with E-state index >= 15 is 0 Å². The van der Waals surface area contributed by atoms with Crippen molar-refractivity contribution in [1.29, 1.82) is 5.26 Å². The molecular formula is C12H23N3O. The Balaban J connectivity index is 2.18.